The van der Waals surface area contributed by atoms with Crippen molar-refractivity contribution in [2.75, 3.05) is 16.3 Å². The van der Waals surface area contributed by atoms with Gasteiger partial charge in [-0.15, -0.1) is 0 Å². The van der Waals surface area contributed by atoms with Crippen molar-refractivity contribution in [3.8, 4) is 0 Å². The summed E-state index contributed by atoms with van der Waals surface area (Å²) < 4.78 is 30.3. The van der Waals surface area contributed by atoms with Gasteiger partial charge in [-0.25, -0.2) is 8.42 Å². The summed E-state index contributed by atoms with van der Waals surface area (Å²) in [6, 6.07) is 7.39. The molecule has 108 valence electrons. The second-order valence-corrected chi connectivity index (χ2v) is 6.53. The number of aryl methyl sites for hydroxylation is 2. The molecule has 20 heavy (non-hydrogen) atoms. The van der Waals surface area contributed by atoms with Crippen molar-refractivity contribution in [1.82, 2.24) is 0 Å². The first kappa shape index (κ1) is 14.5. The highest BCUT2D eigenvalue weighted by atomic mass is 32.2. The molecule has 2 rings (SSSR count). The van der Waals surface area contributed by atoms with Gasteiger partial charge in [-0.1, -0.05) is 0 Å². The van der Waals surface area contributed by atoms with Crippen LogP contribution >= 0.6 is 0 Å². The lowest BCUT2D eigenvalue weighted by atomic mass is 10.2. The topological polar surface area (TPSA) is 71.3 Å². The lowest BCUT2D eigenvalue weighted by Gasteiger charge is -2.11. The van der Waals surface area contributed by atoms with E-state index < -0.39 is 10.0 Å². The molecule has 1 aromatic heterocycles. The van der Waals surface area contributed by atoms with Gasteiger partial charge in [-0.2, -0.15) is 0 Å². The molecule has 0 aliphatic carbocycles. The molecule has 0 aliphatic rings. The van der Waals surface area contributed by atoms with Crippen LogP contribution in [0.25, 0.3) is 0 Å². The third kappa shape index (κ3) is 3.77. The number of furan rings is 1. The van der Waals surface area contributed by atoms with Gasteiger partial charge in [0, 0.05) is 5.69 Å². The summed E-state index contributed by atoms with van der Waals surface area (Å²) >= 11 is 0. The Labute approximate surface area is 119 Å². The molecule has 0 spiro atoms. The third-order valence-electron chi connectivity index (χ3n) is 2.94. The van der Waals surface area contributed by atoms with Crippen molar-refractivity contribution >= 4 is 21.4 Å². The van der Waals surface area contributed by atoms with Gasteiger partial charge in [0.15, 0.2) is 0 Å². The van der Waals surface area contributed by atoms with E-state index in [9.17, 15) is 8.42 Å². The Balaban J connectivity index is 2.07. The Morgan fingerprint density at radius 3 is 2.45 bits per heavy atom. The van der Waals surface area contributed by atoms with Gasteiger partial charge < -0.3 is 9.73 Å². The van der Waals surface area contributed by atoms with Crippen molar-refractivity contribution < 1.29 is 12.8 Å². The number of rotatable bonds is 5. The smallest absolute Gasteiger partial charge is 0.229 e. The zero-order valence-electron chi connectivity index (χ0n) is 11.7. The van der Waals surface area contributed by atoms with Crippen molar-refractivity contribution in [3.05, 3.63) is 47.4 Å². The molecule has 0 aliphatic heterocycles. The van der Waals surface area contributed by atoms with Crippen LogP contribution < -0.4 is 10.0 Å². The molecule has 0 fully saturated rings. The minimum atomic E-state index is -3.25. The fourth-order valence-corrected chi connectivity index (χ4v) is 2.48. The van der Waals surface area contributed by atoms with E-state index in [2.05, 4.69) is 10.0 Å². The first-order valence-corrected chi connectivity index (χ1v) is 8.09. The fourth-order valence-electron chi connectivity index (χ4n) is 1.86. The van der Waals surface area contributed by atoms with Crippen LogP contribution in [0.15, 0.2) is 34.9 Å². The van der Waals surface area contributed by atoms with Crippen LogP contribution in [0.5, 0.6) is 0 Å². The molecule has 0 radical (unpaired) electrons. The van der Waals surface area contributed by atoms with Crippen LogP contribution in [0.2, 0.25) is 0 Å². The minimum absolute atomic E-state index is 0.590. The first-order valence-electron chi connectivity index (χ1n) is 6.20. The van der Waals surface area contributed by atoms with Gasteiger partial charge >= 0.3 is 0 Å². The van der Waals surface area contributed by atoms with E-state index in [1.54, 1.807) is 12.3 Å². The summed E-state index contributed by atoms with van der Waals surface area (Å²) in [7, 11) is -3.25. The maximum atomic E-state index is 11.2. The monoisotopic (exact) mass is 294 g/mol. The maximum absolute atomic E-state index is 11.2. The van der Waals surface area contributed by atoms with Crippen molar-refractivity contribution in [1.29, 1.82) is 0 Å². The van der Waals surface area contributed by atoms with Gasteiger partial charge in [0.2, 0.25) is 10.0 Å². The molecule has 1 heterocycles. The molecule has 5 nitrogen and oxygen atoms in total. The lowest BCUT2D eigenvalue weighted by molar-refractivity contribution is 0.515. The summed E-state index contributed by atoms with van der Waals surface area (Å²) in [5.41, 5.74) is 3.46. The Kier molecular flexibility index (Phi) is 4.04. The largest absolute Gasteiger partial charge is 0.467 e. The molecule has 2 aromatic rings. The lowest BCUT2D eigenvalue weighted by Crippen LogP contribution is -2.10. The number of sulfonamides is 1. The number of nitrogens with one attached hydrogen (secondary N) is 2. The van der Waals surface area contributed by atoms with Crippen LogP contribution in [0.1, 0.15) is 16.9 Å². The van der Waals surface area contributed by atoms with E-state index in [4.69, 9.17) is 4.42 Å². The average molecular weight is 294 g/mol. The molecule has 2 N–H and O–H groups in total. The molecule has 0 saturated carbocycles. The molecule has 6 heteroatoms. The zero-order chi connectivity index (χ0) is 14.8. The third-order valence-corrected chi connectivity index (χ3v) is 3.53. The van der Waals surface area contributed by atoms with Crippen LogP contribution in [-0.2, 0) is 16.6 Å². The molecule has 0 atom stereocenters. The molecular formula is C14H18N2O3S. The van der Waals surface area contributed by atoms with Gasteiger partial charge in [-0.3, -0.25) is 4.72 Å². The normalized spacial score (nSPS) is 11.3. The second kappa shape index (κ2) is 5.58. The number of hydrogen-bond acceptors (Lipinski definition) is 4. The Morgan fingerprint density at radius 2 is 1.90 bits per heavy atom. The molecule has 0 unspecified atom stereocenters. The van der Waals surface area contributed by atoms with Crippen molar-refractivity contribution in [3.63, 3.8) is 0 Å². The van der Waals surface area contributed by atoms with E-state index >= 15 is 0 Å². The quantitative estimate of drug-likeness (QED) is 0.889. The Hall–Kier alpha value is -1.95. The van der Waals surface area contributed by atoms with Crippen LogP contribution in [0.4, 0.5) is 11.4 Å². The zero-order valence-corrected chi connectivity index (χ0v) is 12.5. The molecule has 1 aromatic carbocycles. The van der Waals surface area contributed by atoms with Crippen LogP contribution in [-0.4, -0.2) is 14.7 Å². The van der Waals surface area contributed by atoms with E-state index in [1.165, 1.54) is 0 Å². The van der Waals surface area contributed by atoms with E-state index in [-0.39, 0.29) is 0 Å². The Morgan fingerprint density at radius 1 is 1.15 bits per heavy atom. The molecular weight excluding hydrogens is 276 g/mol. The second-order valence-electron chi connectivity index (χ2n) is 4.78. The summed E-state index contributed by atoms with van der Waals surface area (Å²) in [5, 5.41) is 3.25. The van der Waals surface area contributed by atoms with E-state index in [0.29, 0.717) is 12.2 Å². The molecule has 0 amide bonds. The SMILES string of the molecule is Cc1cc(NCc2occc2C)ccc1NS(C)(=O)=O. The maximum Gasteiger partial charge on any atom is 0.229 e. The van der Waals surface area contributed by atoms with E-state index in [0.717, 1.165) is 28.8 Å². The first-order chi connectivity index (χ1) is 9.35. The van der Waals surface area contributed by atoms with Gasteiger partial charge in [0.05, 0.1) is 24.8 Å². The summed E-state index contributed by atoms with van der Waals surface area (Å²) in [5.74, 6) is 0.890. The molecule has 0 bridgehead atoms. The summed E-state index contributed by atoms with van der Waals surface area (Å²) in [6.45, 7) is 4.44. The van der Waals surface area contributed by atoms with Crippen molar-refractivity contribution in [2.45, 2.75) is 20.4 Å². The minimum Gasteiger partial charge on any atom is -0.467 e. The van der Waals surface area contributed by atoms with Gasteiger partial charge in [-0.05, 0) is 49.2 Å². The summed E-state index contributed by atoms with van der Waals surface area (Å²) in [4.78, 5) is 0. The highest BCUT2D eigenvalue weighted by Gasteiger charge is 2.06. The average Bonchev–Trinajstić information content (AvgIpc) is 2.74. The Bertz CT molecular complexity index is 705. The van der Waals surface area contributed by atoms with Crippen LogP contribution in [0.3, 0.4) is 0 Å². The standard InChI is InChI=1S/C14H18N2O3S/c1-10-6-7-19-14(10)9-15-12-4-5-13(11(2)8-12)16-20(3,17)18/h4-8,15-16H,9H2,1-3H3. The number of hydrogen-bond donors (Lipinski definition) is 2. The molecule has 0 saturated heterocycles. The summed E-state index contributed by atoms with van der Waals surface area (Å²) in [6.07, 6.45) is 2.80. The highest BCUT2D eigenvalue weighted by Crippen LogP contribution is 2.21. The van der Waals surface area contributed by atoms with Crippen molar-refractivity contribution in [2.24, 2.45) is 0 Å². The highest BCUT2D eigenvalue weighted by molar-refractivity contribution is 7.92. The number of anilines is 2. The van der Waals surface area contributed by atoms with Crippen LogP contribution in [0, 0.1) is 13.8 Å². The predicted molar refractivity (Wildman–Crippen MR) is 80.4 cm³/mol. The fraction of sp³-hybridized carbons (Fsp3) is 0.286. The van der Waals surface area contributed by atoms with Gasteiger partial charge in [0.1, 0.15) is 5.76 Å². The van der Waals surface area contributed by atoms with E-state index in [1.807, 2.05) is 32.0 Å². The number of benzene rings is 1. The predicted octanol–water partition coefficient (Wildman–Crippen LogP) is 2.88. The van der Waals surface area contributed by atoms with Gasteiger partial charge in [0.25, 0.3) is 0 Å².